The first-order chi connectivity index (χ1) is 15.6. The Kier molecular flexibility index (Phi) is 6.80. The molecule has 33 heavy (non-hydrogen) atoms. The molecule has 0 spiro atoms. The Balaban J connectivity index is 1.50. The first-order valence-corrected chi connectivity index (χ1v) is 13.1. The molecule has 0 radical (unpaired) electrons. The molecule has 4 rings (SSSR count). The minimum absolute atomic E-state index is 0.00553. The Morgan fingerprint density at radius 3 is 2.30 bits per heavy atom. The van der Waals surface area contributed by atoms with Gasteiger partial charge in [0.2, 0.25) is 15.9 Å². The number of hydrogen-bond acceptors (Lipinski definition) is 4. The zero-order valence-corrected chi connectivity index (χ0v) is 19.7. The summed E-state index contributed by atoms with van der Waals surface area (Å²) in [4.78, 5) is 15.5. The highest BCUT2D eigenvalue weighted by molar-refractivity contribution is 8.00. The summed E-state index contributed by atoms with van der Waals surface area (Å²) >= 11 is 1.73. The Bertz CT molecular complexity index is 1130. The van der Waals surface area contributed by atoms with Crippen molar-refractivity contribution in [3.8, 4) is 0 Å². The molecular weight excluding hydrogens is 473 g/mol. The van der Waals surface area contributed by atoms with Crippen molar-refractivity contribution < 1.29 is 26.4 Å². The molecule has 2 aliphatic rings. The number of rotatable bonds is 3. The number of hydrogen-bond donors (Lipinski definition) is 0. The second-order valence-electron chi connectivity index (χ2n) is 8.35. The number of carbonyl (C=O) groups is 1. The molecule has 0 unspecified atom stereocenters. The van der Waals surface area contributed by atoms with Crippen molar-refractivity contribution in [1.29, 1.82) is 0 Å². The summed E-state index contributed by atoms with van der Waals surface area (Å²) in [6.07, 6.45) is -3.39. The molecule has 0 aromatic heterocycles. The summed E-state index contributed by atoms with van der Waals surface area (Å²) in [6.45, 7) is 2.72. The topological polar surface area (TPSA) is 57.7 Å². The standard InChI is InChI=1S/C23H25F3N2O3S2/c1-16-10-15-28(19-7-3-4-8-20(19)32-16)22(29)17-11-13-27(14-12-17)33(30,31)21-9-5-2-6-18(21)23(24,25)26/h2-9,16-17H,10-15H2,1H3/t16-/m0/s1. The monoisotopic (exact) mass is 498 g/mol. The number of para-hydroxylation sites is 1. The third kappa shape index (κ3) is 4.93. The van der Waals surface area contributed by atoms with Gasteiger partial charge >= 0.3 is 6.18 Å². The maximum Gasteiger partial charge on any atom is 0.417 e. The van der Waals surface area contributed by atoms with Crippen molar-refractivity contribution in [2.45, 2.75) is 47.4 Å². The fourth-order valence-corrected chi connectivity index (χ4v) is 7.14. The molecule has 1 fully saturated rings. The van der Waals surface area contributed by atoms with Crippen LogP contribution in [0.1, 0.15) is 31.7 Å². The second-order valence-corrected chi connectivity index (χ2v) is 11.7. The lowest BCUT2D eigenvalue weighted by molar-refractivity contribution is -0.139. The van der Waals surface area contributed by atoms with Gasteiger partial charge in [0.15, 0.2) is 0 Å². The van der Waals surface area contributed by atoms with E-state index in [-0.39, 0.29) is 37.8 Å². The number of benzene rings is 2. The predicted octanol–water partition coefficient (Wildman–Crippen LogP) is 5.02. The van der Waals surface area contributed by atoms with E-state index < -0.39 is 26.7 Å². The van der Waals surface area contributed by atoms with Crippen molar-refractivity contribution >= 4 is 33.4 Å². The van der Waals surface area contributed by atoms with Crippen LogP contribution in [-0.2, 0) is 21.0 Å². The maximum absolute atomic E-state index is 13.4. The van der Waals surface area contributed by atoms with Crippen LogP contribution in [0.25, 0.3) is 0 Å². The zero-order chi connectivity index (χ0) is 23.8. The molecule has 2 aromatic rings. The van der Waals surface area contributed by atoms with E-state index in [4.69, 9.17) is 0 Å². The van der Waals surface area contributed by atoms with Crippen LogP contribution in [-0.4, -0.2) is 43.5 Å². The molecule has 2 aromatic carbocycles. The van der Waals surface area contributed by atoms with Crippen LogP contribution in [0.2, 0.25) is 0 Å². The average Bonchev–Trinajstić information content (AvgIpc) is 2.96. The molecule has 0 aliphatic carbocycles. The Morgan fingerprint density at radius 1 is 0.970 bits per heavy atom. The van der Waals surface area contributed by atoms with Crippen LogP contribution in [0.3, 0.4) is 0 Å². The van der Waals surface area contributed by atoms with Gasteiger partial charge < -0.3 is 4.90 Å². The zero-order valence-electron chi connectivity index (χ0n) is 18.1. The van der Waals surface area contributed by atoms with Gasteiger partial charge in [-0.25, -0.2) is 8.42 Å². The van der Waals surface area contributed by atoms with Gasteiger partial charge in [0.05, 0.1) is 16.1 Å². The maximum atomic E-state index is 13.4. The number of thioether (sulfide) groups is 1. The number of alkyl halides is 3. The summed E-state index contributed by atoms with van der Waals surface area (Å²) in [5, 5.41) is 0.365. The van der Waals surface area contributed by atoms with E-state index in [9.17, 15) is 26.4 Å². The van der Waals surface area contributed by atoms with E-state index in [0.717, 1.165) is 33.4 Å². The van der Waals surface area contributed by atoms with Gasteiger partial charge in [0.25, 0.3) is 0 Å². The van der Waals surface area contributed by atoms with E-state index in [2.05, 4.69) is 6.92 Å². The lowest BCUT2D eigenvalue weighted by Gasteiger charge is -2.34. The van der Waals surface area contributed by atoms with Crippen LogP contribution in [0.4, 0.5) is 18.9 Å². The summed E-state index contributed by atoms with van der Waals surface area (Å²) in [7, 11) is -4.33. The molecule has 2 heterocycles. The predicted molar refractivity (Wildman–Crippen MR) is 122 cm³/mol. The number of piperidine rings is 1. The molecule has 5 nitrogen and oxygen atoms in total. The van der Waals surface area contributed by atoms with Gasteiger partial charge in [0.1, 0.15) is 0 Å². The smallest absolute Gasteiger partial charge is 0.311 e. The minimum atomic E-state index is -4.77. The molecule has 0 bridgehead atoms. The van der Waals surface area contributed by atoms with Crippen molar-refractivity contribution in [3.05, 3.63) is 54.1 Å². The van der Waals surface area contributed by atoms with Gasteiger partial charge in [-0.05, 0) is 43.5 Å². The minimum Gasteiger partial charge on any atom is -0.311 e. The van der Waals surface area contributed by atoms with Crippen LogP contribution >= 0.6 is 11.8 Å². The Morgan fingerprint density at radius 2 is 1.61 bits per heavy atom. The molecule has 1 saturated heterocycles. The summed E-state index contributed by atoms with van der Waals surface area (Å²) < 4.78 is 67.2. The molecular formula is C23H25F3N2O3S2. The van der Waals surface area contributed by atoms with Crippen molar-refractivity contribution in [2.75, 3.05) is 24.5 Å². The highest BCUT2D eigenvalue weighted by atomic mass is 32.2. The van der Waals surface area contributed by atoms with Crippen LogP contribution < -0.4 is 4.90 Å². The summed E-state index contributed by atoms with van der Waals surface area (Å²) in [6, 6.07) is 12.0. The highest BCUT2D eigenvalue weighted by Gasteiger charge is 2.41. The third-order valence-electron chi connectivity index (χ3n) is 6.12. The van der Waals surface area contributed by atoms with Gasteiger partial charge in [-0.2, -0.15) is 17.5 Å². The van der Waals surface area contributed by atoms with Gasteiger partial charge in [-0.15, -0.1) is 11.8 Å². The van der Waals surface area contributed by atoms with Crippen LogP contribution in [0.15, 0.2) is 58.3 Å². The molecule has 1 amide bonds. The normalized spacial score (nSPS) is 20.8. The lowest BCUT2D eigenvalue weighted by atomic mass is 9.96. The Hall–Kier alpha value is -2.04. The Labute approximate surface area is 196 Å². The fraction of sp³-hybridized carbons (Fsp3) is 0.435. The van der Waals surface area contributed by atoms with E-state index in [1.54, 1.807) is 16.7 Å². The number of anilines is 1. The van der Waals surface area contributed by atoms with Crippen LogP contribution in [0, 0.1) is 5.92 Å². The SMILES string of the molecule is C[C@H]1CCN(C(=O)C2CCN(S(=O)(=O)c3ccccc3C(F)(F)F)CC2)c2ccccc2S1. The van der Waals surface area contributed by atoms with Crippen molar-refractivity contribution in [2.24, 2.45) is 5.92 Å². The molecule has 2 aliphatic heterocycles. The number of carbonyl (C=O) groups excluding carboxylic acids is 1. The summed E-state index contributed by atoms with van der Waals surface area (Å²) in [5.41, 5.74) is -0.304. The number of halogens is 3. The average molecular weight is 499 g/mol. The largest absolute Gasteiger partial charge is 0.417 e. The first kappa shape index (κ1) is 24.1. The van der Waals surface area contributed by atoms with Gasteiger partial charge in [0, 0.05) is 35.7 Å². The molecule has 1 atom stereocenters. The third-order valence-corrected chi connectivity index (χ3v) is 9.32. The van der Waals surface area contributed by atoms with Crippen molar-refractivity contribution in [3.63, 3.8) is 0 Å². The quantitative estimate of drug-likeness (QED) is 0.596. The number of nitrogens with zero attached hydrogens (tertiary/aromatic N) is 2. The fourth-order valence-electron chi connectivity index (χ4n) is 4.34. The number of fused-ring (bicyclic) bond motifs is 1. The van der Waals surface area contributed by atoms with E-state index >= 15 is 0 Å². The second kappa shape index (κ2) is 9.31. The number of amides is 1. The molecule has 0 N–H and O–H groups in total. The first-order valence-electron chi connectivity index (χ1n) is 10.8. The van der Waals surface area contributed by atoms with Gasteiger partial charge in [-0.1, -0.05) is 31.2 Å². The van der Waals surface area contributed by atoms with E-state index in [1.165, 1.54) is 12.1 Å². The van der Waals surface area contributed by atoms with E-state index in [0.29, 0.717) is 11.8 Å². The molecule has 10 heteroatoms. The molecule has 0 saturated carbocycles. The number of sulfonamides is 1. The van der Waals surface area contributed by atoms with E-state index in [1.807, 2.05) is 24.3 Å². The van der Waals surface area contributed by atoms with Crippen molar-refractivity contribution in [1.82, 2.24) is 4.31 Å². The van der Waals surface area contributed by atoms with Gasteiger partial charge in [-0.3, -0.25) is 4.79 Å². The van der Waals surface area contributed by atoms with Crippen LogP contribution in [0.5, 0.6) is 0 Å². The lowest BCUT2D eigenvalue weighted by Crippen LogP contribution is -2.45. The highest BCUT2D eigenvalue weighted by Crippen LogP contribution is 2.39. The summed E-state index contributed by atoms with van der Waals surface area (Å²) in [5.74, 6) is -0.425. The molecule has 178 valence electrons.